The Kier molecular flexibility index (Phi) is 5.76. The van der Waals surface area contributed by atoms with Crippen LogP contribution in [0.5, 0.6) is 0 Å². The first-order chi connectivity index (χ1) is 11.7. The van der Waals surface area contributed by atoms with Crippen LogP contribution in [0.25, 0.3) is 5.57 Å². The third-order valence-electron chi connectivity index (χ3n) is 5.82. The lowest BCUT2D eigenvalue weighted by Crippen LogP contribution is -2.23. The number of esters is 1. The SMILES string of the molecule is CCC1CC=C(c2ccc(C(=O)O[C@H]3CC[C@H](C)CC3)cc2)CC1. The van der Waals surface area contributed by atoms with Gasteiger partial charge in [0.2, 0.25) is 0 Å². The second-order valence-corrected chi connectivity index (χ2v) is 7.64. The standard InChI is InChI=1S/C22H30O2/c1-3-17-6-8-18(9-7-17)19-10-12-20(13-11-19)22(23)24-21-14-4-16(2)5-15-21/h8,10-13,16-17,21H,3-7,9,14-15H2,1-2H3/t16-,17?,21-. The fourth-order valence-electron chi connectivity index (χ4n) is 3.91. The lowest BCUT2D eigenvalue weighted by atomic mass is 9.85. The normalized spacial score (nSPS) is 27.4. The molecular weight excluding hydrogens is 296 g/mol. The maximum absolute atomic E-state index is 12.3. The average Bonchev–Trinajstić information content (AvgIpc) is 2.64. The molecule has 2 aliphatic rings. The Bertz CT molecular complexity index is 576. The summed E-state index contributed by atoms with van der Waals surface area (Å²) in [6.45, 7) is 4.55. The van der Waals surface area contributed by atoms with Gasteiger partial charge < -0.3 is 4.74 Å². The Hall–Kier alpha value is -1.57. The van der Waals surface area contributed by atoms with Gasteiger partial charge in [-0.15, -0.1) is 0 Å². The maximum Gasteiger partial charge on any atom is 0.338 e. The molecule has 1 unspecified atom stereocenters. The van der Waals surface area contributed by atoms with Crippen molar-refractivity contribution in [3.8, 4) is 0 Å². The first-order valence-electron chi connectivity index (χ1n) is 9.66. The molecule has 2 nitrogen and oxygen atoms in total. The van der Waals surface area contributed by atoms with Crippen molar-refractivity contribution in [1.29, 1.82) is 0 Å². The second kappa shape index (κ2) is 8.00. The molecule has 24 heavy (non-hydrogen) atoms. The van der Waals surface area contributed by atoms with Gasteiger partial charge in [-0.2, -0.15) is 0 Å². The molecule has 1 aromatic rings. The van der Waals surface area contributed by atoms with Crippen LogP contribution in [-0.2, 0) is 4.74 Å². The van der Waals surface area contributed by atoms with Crippen molar-refractivity contribution in [3.63, 3.8) is 0 Å². The number of allylic oxidation sites excluding steroid dienone is 2. The van der Waals surface area contributed by atoms with Gasteiger partial charge >= 0.3 is 5.97 Å². The summed E-state index contributed by atoms with van der Waals surface area (Å²) in [5.41, 5.74) is 3.37. The summed E-state index contributed by atoms with van der Waals surface area (Å²) < 4.78 is 5.69. The van der Waals surface area contributed by atoms with E-state index in [1.807, 2.05) is 12.1 Å². The Morgan fingerprint density at radius 3 is 2.38 bits per heavy atom. The van der Waals surface area contributed by atoms with Crippen LogP contribution in [0.4, 0.5) is 0 Å². The Morgan fingerprint density at radius 2 is 1.79 bits per heavy atom. The van der Waals surface area contributed by atoms with Crippen LogP contribution < -0.4 is 0 Å². The molecule has 1 saturated carbocycles. The summed E-state index contributed by atoms with van der Waals surface area (Å²) in [5.74, 6) is 1.46. The van der Waals surface area contributed by atoms with E-state index < -0.39 is 0 Å². The molecule has 0 bridgehead atoms. The van der Waals surface area contributed by atoms with E-state index in [2.05, 4.69) is 32.1 Å². The van der Waals surface area contributed by atoms with Gasteiger partial charge in [-0.05, 0) is 80.1 Å². The minimum atomic E-state index is -0.162. The molecule has 1 aromatic carbocycles. The number of rotatable bonds is 4. The third-order valence-corrected chi connectivity index (χ3v) is 5.82. The largest absolute Gasteiger partial charge is 0.459 e. The fraction of sp³-hybridized carbons (Fsp3) is 0.591. The number of benzene rings is 1. The highest BCUT2D eigenvalue weighted by atomic mass is 16.5. The van der Waals surface area contributed by atoms with E-state index in [9.17, 15) is 4.79 Å². The summed E-state index contributed by atoms with van der Waals surface area (Å²) >= 11 is 0. The Labute approximate surface area is 146 Å². The summed E-state index contributed by atoms with van der Waals surface area (Å²) in [5, 5.41) is 0. The van der Waals surface area contributed by atoms with Gasteiger partial charge in [0.1, 0.15) is 6.10 Å². The number of hydrogen-bond donors (Lipinski definition) is 0. The van der Waals surface area contributed by atoms with Crippen molar-refractivity contribution in [2.45, 2.75) is 71.3 Å². The van der Waals surface area contributed by atoms with E-state index in [1.165, 1.54) is 43.2 Å². The van der Waals surface area contributed by atoms with E-state index in [0.717, 1.165) is 31.1 Å². The quantitative estimate of drug-likeness (QED) is 0.633. The van der Waals surface area contributed by atoms with Crippen molar-refractivity contribution >= 4 is 11.5 Å². The Balaban J connectivity index is 1.58. The highest BCUT2D eigenvalue weighted by Gasteiger charge is 2.22. The number of carbonyl (C=O) groups is 1. The lowest BCUT2D eigenvalue weighted by Gasteiger charge is -2.26. The lowest BCUT2D eigenvalue weighted by molar-refractivity contribution is 0.0174. The van der Waals surface area contributed by atoms with Crippen LogP contribution >= 0.6 is 0 Å². The van der Waals surface area contributed by atoms with Crippen LogP contribution in [-0.4, -0.2) is 12.1 Å². The van der Waals surface area contributed by atoms with Gasteiger partial charge in [-0.3, -0.25) is 0 Å². The first-order valence-corrected chi connectivity index (χ1v) is 9.66. The molecule has 0 aromatic heterocycles. The summed E-state index contributed by atoms with van der Waals surface area (Å²) in [6.07, 6.45) is 11.8. The second-order valence-electron chi connectivity index (χ2n) is 7.64. The predicted molar refractivity (Wildman–Crippen MR) is 98.9 cm³/mol. The van der Waals surface area contributed by atoms with Gasteiger partial charge in [0, 0.05) is 0 Å². The first kappa shape index (κ1) is 17.3. The smallest absolute Gasteiger partial charge is 0.338 e. The molecule has 1 atom stereocenters. The van der Waals surface area contributed by atoms with Gasteiger partial charge in [0.15, 0.2) is 0 Å². The minimum absolute atomic E-state index is 0.111. The molecule has 0 aliphatic heterocycles. The zero-order valence-corrected chi connectivity index (χ0v) is 15.1. The molecule has 0 N–H and O–H groups in total. The average molecular weight is 326 g/mol. The summed E-state index contributed by atoms with van der Waals surface area (Å²) in [6, 6.07) is 8.01. The molecule has 0 radical (unpaired) electrons. The van der Waals surface area contributed by atoms with Gasteiger partial charge in [0.25, 0.3) is 0 Å². The molecule has 0 heterocycles. The molecule has 130 valence electrons. The molecule has 0 saturated heterocycles. The van der Waals surface area contributed by atoms with Crippen molar-refractivity contribution < 1.29 is 9.53 Å². The van der Waals surface area contributed by atoms with Crippen LogP contribution in [0.1, 0.15) is 81.1 Å². The summed E-state index contributed by atoms with van der Waals surface area (Å²) in [7, 11) is 0. The summed E-state index contributed by atoms with van der Waals surface area (Å²) in [4.78, 5) is 12.3. The topological polar surface area (TPSA) is 26.3 Å². The maximum atomic E-state index is 12.3. The van der Waals surface area contributed by atoms with Crippen LogP contribution in [0.15, 0.2) is 30.3 Å². The van der Waals surface area contributed by atoms with Gasteiger partial charge in [-0.25, -0.2) is 4.79 Å². The molecular formula is C22H30O2. The highest BCUT2D eigenvalue weighted by Crippen LogP contribution is 2.32. The number of hydrogen-bond acceptors (Lipinski definition) is 2. The zero-order chi connectivity index (χ0) is 16.9. The van der Waals surface area contributed by atoms with E-state index in [4.69, 9.17) is 4.74 Å². The van der Waals surface area contributed by atoms with E-state index in [1.54, 1.807) is 0 Å². The number of ether oxygens (including phenoxy) is 1. The predicted octanol–water partition coefficient (Wildman–Crippen LogP) is 6.02. The minimum Gasteiger partial charge on any atom is -0.459 e. The fourth-order valence-corrected chi connectivity index (χ4v) is 3.91. The van der Waals surface area contributed by atoms with Gasteiger partial charge in [-0.1, -0.05) is 38.5 Å². The third kappa shape index (κ3) is 4.28. The van der Waals surface area contributed by atoms with Crippen molar-refractivity contribution in [2.75, 3.05) is 0 Å². The Morgan fingerprint density at radius 1 is 1.08 bits per heavy atom. The molecule has 3 rings (SSSR count). The molecule has 0 spiro atoms. The van der Waals surface area contributed by atoms with E-state index >= 15 is 0 Å². The monoisotopic (exact) mass is 326 g/mol. The molecule has 2 aliphatic carbocycles. The molecule has 1 fully saturated rings. The van der Waals surface area contributed by atoms with Gasteiger partial charge in [0.05, 0.1) is 5.56 Å². The molecule has 2 heteroatoms. The highest BCUT2D eigenvalue weighted by molar-refractivity contribution is 5.90. The van der Waals surface area contributed by atoms with Crippen molar-refractivity contribution in [1.82, 2.24) is 0 Å². The van der Waals surface area contributed by atoms with Crippen LogP contribution in [0.3, 0.4) is 0 Å². The number of carbonyl (C=O) groups excluding carboxylic acids is 1. The van der Waals surface area contributed by atoms with E-state index in [-0.39, 0.29) is 12.1 Å². The zero-order valence-electron chi connectivity index (χ0n) is 15.1. The van der Waals surface area contributed by atoms with E-state index in [0.29, 0.717) is 5.56 Å². The molecule has 0 amide bonds. The van der Waals surface area contributed by atoms with Crippen molar-refractivity contribution in [2.24, 2.45) is 11.8 Å². The van der Waals surface area contributed by atoms with Crippen LogP contribution in [0, 0.1) is 11.8 Å². The van der Waals surface area contributed by atoms with Crippen molar-refractivity contribution in [3.05, 3.63) is 41.5 Å². The van der Waals surface area contributed by atoms with Crippen LogP contribution in [0.2, 0.25) is 0 Å².